The van der Waals surface area contributed by atoms with Crippen molar-refractivity contribution in [3.05, 3.63) is 17.8 Å². The summed E-state index contributed by atoms with van der Waals surface area (Å²) in [5.41, 5.74) is 1.05. The molecule has 0 aromatic carbocycles. The van der Waals surface area contributed by atoms with Crippen LogP contribution in [0.5, 0.6) is 0 Å². The number of nitrogens with one attached hydrogen (secondary N) is 1. The van der Waals surface area contributed by atoms with Crippen LogP contribution in [0, 0.1) is 11.8 Å². The molecule has 1 aliphatic heterocycles. The number of aromatic nitrogens is 2. The largest absolute Gasteiger partial charge is 0.355 e. The molecule has 5 nitrogen and oxygen atoms in total. The third-order valence-corrected chi connectivity index (χ3v) is 4.99. The second kappa shape index (κ2) is 6.46. The smallest absolute Gasteiger partial charge is 0.223 e. The van der Waals surface area contributed by atoms with E-state index in [1.807, 2.05) is 0 Å². The van der Waals surface area contributed by atoms with E-state index in [0.29, 0.717) is 5.92 Å². The first-order valence-electron chi connectivity index (χ1n) is 8.80. The molecule has 2 fully saturated rings. The number of hydrogen-bond acceptors (Lipinski definition) is 4. The van der Waals surface area contributed by atoms with Crippen molar-refractivity contribution in [3.63, 3.8) is 0 Å². The molecule has 1 aromatic heterocycles. The molecule has 2 heterocycles. The first kappa shape index (κ1) is 16.2. The number of hydrogen-bond donors (Lipinski definition) is 1. The summed E-state index contributed by atoms with van der Waals surface area (Å²) in [6, 6.07) is 4.12. The first-order chi connectivity index (χ1) is 10.9. The van der Waals surface area contributed by atoms with Crippen LogP contribution in [0.1, 0.15) is 52.1 Å². The molecule has 0 atom stereocenters. The van der Waals surface area contributed by atoms with Gasteiger partial charge in [0.05, 0.1) is 5.69 Å². The van der Waals surface area contributed by atoms with Crippen LogP contribution in [0.25, 0.3) is 0 Å². The Bertz CT molecular complexity index is 537. The number of carbonyl (C=O) groups excluding carboxylic acids is 1. The van der Waals surface area contributed by atoms with E-state index in [0.717, 1.165) is 44.0 Å². The Morgan fingerprint density at radius 3 is 2.48 bits per heavy atom. The van der Waals surface area contributed by atoms with E-state index >= 15 is 0 Å². The van der Waals surface area contributed by atoms with Crippen LogP contribution in [-0.2, 0) is 10.2 Å². The van der Waals surface area contributed by atoms with Crippen molar-refractivity contribution in [3.8, 4) is 0 Å². The molecule has 0 radical (unpaired) electrons. The summed E-state index contributed by atoms with van der Waals surface area (Å²) in [5.74, 6) is 2.00. The molecule has 2 aliphatic rings. The zero-order chi connectivity index (χ0) is 16.4. The van der Waals surface area contributed by atoms with Gasteiger partial charge in [0.1, 0.15) is 0 Å². The maximum atomic E-state index is 12.0. The number of anilines is 1. The summed E-state index contributed by atoms with van der Waals surface area (Å²) < 4.78 is 0. The highest BCUT2D eigenvalue weighted by atomic mass is 16.1. The van der Waals surface area contributed by atoms with Crippen LogP contribution in [0.15, 0.2) is 12.1 Å². The Hall–Kier alpha value is -1.65. The zero-order valence-electron chi connectivity index (χ0n) is 14.5. The lowest BCUT2D eigenvalue weighted by Crippen LogP contribution is -2.52. The molecule has 5 heteroatoms. The fourth-order valence-electron chi connectivity index (χ4n) is 3.36. The van der Waals surface area contributed by atoms with Crippen molar-refractivity contribution < 1.29 is 4.79 Å². The second-order valence-corrected chi connectivity index (χ2v) is 8.02. The Labute approximate surface area is 138 Å². The van der Waals surface area contributed by atoms with Gasteiger partial charge in [-0.2, -0.15) is 5.10 Å². The summed E-state index contributed by atoms with van der Waals surface area (Å²) in [6.07, 6.45) is 4.55. The summed E-state index contributed by atoms with van der Waals surface area (Å²) >= 11 is 0. The average molecular weight is 316 g/mol. The predicted octanol–water partition coefficient (Wildman–Crippen LogP) is 2.52. The maximum Gasteiger partial charge on any atom is 0.223 e. The van der Waals surface area contributed by atoms with E-state index in [1.165, 1.54) is 12.8 Å². The van der Waals surface area contributed by atoms with Gasteiger partial charge in [0, 0.05) is 36.9 Å². The highest BCUT2D eigenvalue weighted by Gasteiger charge is 2.30. The van der Waals surface area contributed by atoms with Gasteiger partial charge in [-0.25, -0.2) is 0 Å². The third kappa shape index (κ3) is 3.82. The highest BCUT2D eigenvalue weighted by molar-refractivity contribution is 5.78. The molecular weight excluding hydrogens is 288 g/mol. The average Bonchev–Trinajstić information content (AvgIpc) is 2.99. The standard InChI is InChI=1S/C18H28N4O/c1-18(2,3)15-8-9-16(21-20-15)22-11-13(12-22)10-19-17(23)14-6-4-5-7-14/h8-9,13-14H,4-7,10-12H2,1-3H3,(H,19,23). The number of nitrogens with zero attached hydrogens (tertiary/aromatic N) is 3. The molecule has 1 N–H and O–H groups in total. The summed E-state index contributed by atoms with van der Waals surface area (Å²) in [7, 11) is 0. The molecule has 1 saturated carbocycles. The van der Waals surface area contributed by atoms with Crippen LogP contribution >= 0.6 is 0 Å². The van der Waals surface area contributed by atoms with Gasteiger partial charge in [-0.3, -0.25) is 4.79 Å². The SMILES string of the molecule is CC(C)(C)c1ccc(N2CC(CNC(=O)C3CCCC3)C2)nn1. The lowest BCUT2D eigenvalue weighted by molar-refractivity contribution is -0.125. The fraction of sp³-hybridized carbons (Fsp3) is 0.722. The number of rotatable bonds is 4. The summed E-state index contributed by atoms with van der Waals surface area (Å²) in [5, 5.41) is 11.8. The van der Waals surface area contributed by atoms with Gasteiger partial charge in [0.15, 0.2) is 5.82 Å². The minimum absolute atomic E-state index is 0.0353. The quantitative estimate of drug-likeness (QED) is 0.927. The number of amides is 1. The topological polar surface area (TPSA) is 58.1 Å². The Balaban J connectivity index is 1.43. The van der Waals surface area contributed by atoms with Gasteiger partial charge in [0.25, 0.3) is 0 Å². The normalized spacial score (nSPS) is 19.7. The molecule has 126 valence electrons. The van der Waals surface area contributed by atoms with Crippen molar-refractivity contribution in [1.29, 1.82) is 0 Å². The molecular formula is C18H28N4O. The van der Waals surface area contributed by atoms with E-state index in [9.17, 15) is 4.79 Å². The van der Waals surface area contributed by atoms with Gasteiger partial charge in [-0.15, -0.1) is 5.10 Å². The summed E-state index contributed by atoms with van der Waals surface area (Å²) in [6.45, 7) is 9.12. The Kier molecular flexibility index (Phi) is 4.55. The summed E-state index contributed by atoms with van der Waals surface area (Å²) in [4.78, 5) is 14.3. The van der Waals surface area contributed by atoms with Crippen molar-refractivity contribution in [2.24, 2.45) is 11.8 Å². The molecule has 1 saturated heterocycles. The minimum Gasteiger partial charge on any atom is -0.355 e. The Morgan fingerprint density at radius 1 is 1.22 bits per heavy atom. The van der Waals surface area contributed by atoms with Crippen molar-refractivity contribution in [1.82, 2.24) is 15.5 Å². The van der Waals surface area contributed by atoms with Gasteiger partial charge in [-0.1, -0.05) is 33.6 Å². The lowest BCUT2D eigenvalue weighted by atomic mass is 9.92. The van der Waals surface area contributed by atoms with Crippen LogP contribution in [0.2, 0.25) is 0 Å². The molecule has 1 aliphatic carbocycles. The van der Waals surface area contributed by atoms with E-state index in [4.69, 9.17) is 0 Å². The van der Waals surface area contributed by atoms with Gasteiger partial charge < -0.3 is 10.2 Å². The molecule has 0 bridgehead atoms. The third-order valence-electron chi connectivity index (χ3n) is 4.99. The molecule has 23 heavy (non-hydrogen) atoms. The van der Waals surface area contributed by atoms with Gasteiger partial charge >= 0.3 is 0 Å². The molecule has 3 rings (SSSR count). The monoisotopic (exact) mass is 316 g/mol. The molecule has 0 spiro atoms. The van der Waals surface area contributed by atoms with E-state index in [2.05, 4.69) is 53.3 Å². The van der Waals surface area contributed by atoms with Gasteiger partial charge in [0.2, 0.25) is 5.91 Å². The van der Waals surface area contributed by atoms with Crippen LogP contribution in [0.3, 0.4) is 0 Å². The number of carbonyl (C=O) groups is 1. The van der Waals surface area contributed by atoms with Crippen molar-refractivity contribution in [2.75, 3.05) is 24.5 Å². The first-order valence-corrected chi connectivity index (χ1v) is 8.80. The lowest BCUT2D eigenvalue weighted by Gasteiger charge is -2.40. The van der Waals surface area contributed by atoms with Crippen molar-refractivity contribution in [2.45, 2.75) is 51.9 Å². The minimum atomic E-state index is 0.0353. The Morgan fingerprint density at radius 2 is 1.91 bits per heavy atom. The maximum absolute atomic E-state index is 12.0. The van der Waals surface area contributed by atoms with E-state index in [1.54, 1.807) is 0 Å². The predicted molar refractivity (Wildman–Crippen MR) is 91.4 cm³/mol. The second-order valence-electron chi connectivity index (χ2n) is 8.02. The van der Waals surface area contributed by atoms with Crippen LogP contribution in [-0.4, -0.2) is 35.7 Å². The van der Waals surface area contributed by atoms with Crippen LogP contribution < -0.4 is 10.2 Å². The van der Waals surface area contributed by atoms with E-state index < -0.39 is 0 Å². The van der Waals surface area contributed by atoms with Gasteiger partial charge in [-0.05, 0) is 25.0 Å². The molecule has 0 unspecified atom stereocenters. The van der Waals surface area contributed by atoms with Crippen LogP contribution in [0.4, 0.5) is 5.82 Å². The van der Waals surface area contributed by atoms with E-state index in [-0.39, 0.29) is 17.2 Å². The molecule has 1 aromatic rings. The highest BCUT2D eigenvalue weighted by Crippen LogP contribution is 2.26. The fourth-order valence-corrected chi connectivity index (χ4v) is 3.36. The van der Waals surface area contributed by atoms with Crippen molar-refractivity contribution >= 4 is 11.7 Å². The zero-order valence-corrected chi connectivity index (χ0v) is 14.5. The molecule has 1 amide bonds.